The van der Waals surface area contributed by atoms with Crippen LogP contribution in [0.1, 0.15) is 22.3 Å². The summed E-state index contributed by atoms with van der Waals surface area (Å²) >= 11 is 6.50. The van der Waals surface area contributed by atoms with Crippen molar-refractivity contribution in [1.29, 1.82) is 0 Å². The molecule has 0 aliphatic carbocycles. The van der Waals surface area contributed by atoms with E-state index in [9.17, 15) is 22.8 Å². The fourth-order valence-electron chi connectivity index (χ4n) is 2.75. The molecule has 0 saturated heterocycles. The normalized spacial score (nSPS) is 11.3. The van der Waals surface area contributed by atoms with Crippen LogP contribution >= 0.6 is 23.4 Å². The summed E-state index contributed by atoms with van der Waals surface area (Å²) < 4.78 is 38.6. The summed E-state index contributed by atoms with van der Waals surface area (Å²) in [7, 11) is 0. The first kappa shape index (κ1) is 23.1. The fraction of sp³-hybridized carbons (Fsp3) is 0.300. The van der Waals surface area contributed by atoms with Gasteiger partial charge in [0.1, 0.15) is 0 Å². The Morgan fingerprint density at radius 1 is 1.03 bits per heavy atom. The van der Waals surface area contributed by atoms with E-state index in [1.54, 1.807) is 0 Å². The van der Waals surface area contributed by atoms with E-state index in [2.05, 4.69) is 10.6 Å². The van der Waals surface area contributed by atoms with Crippen molar-refractivity contribution in [2.24, 2.45) is 0 Å². The van der Waals surface area contributed by atoms with Crippen molar-refractivity contribution in [1.82, 2.24) is 5.32 Å². The molecule has 0 radical (unpaired) electrons. The van der Waals surface area contributed by atoms with Gasteiger partial charge in [-0.15, -0.1) is 11.8 Å². The molecule has 0 fully saturated rings. The molecule has 2 rings (SSSR count). The molecule has 4 nitrogen and oxygen atoms in total. The first-order valence-corrected chi connectivity index (χ1v) is 9.97. The molecule has 156 valence electrons. The number of carbonyl (C=O) groups excluding carboxylic acids is 2. The Morgan fingerprint density at radius 2 is 1.66 bits per heavy atom. The van der Waals surface area contributed by atoms with Crippen molar-refractivity contribution in [3.63, 3.8) is 0 Å². The maximum absolute atomic E-state index is 12.9. The molecule has 9 heteroatoms. The van der Waals surface area contributed by atoms with Gasteiger partial charge >= 0.3 is 6.18 Å². The van der Waals surface area contributed by atoms with Crippen LogP contribution in [-0.2, 0) is 15.8 Å². The topological polar surface area (TPSA) is 58.2 Å². The molecule has 0 atom stereocenters. The minimum absolute atomic E-state index is 0.130. The van der Waals surface area contributed by atoms with Crippen molar-refractivity contribution >= 4 is 40.9 Å². The molecule has 2 aromatic carbocycles. The highest BCUT2D eigenvalue weighted by molar-refractivity contribution is 8.00. The summed E-state index contributed by atoms with van der Waals surface area (Å²) in [4.78, 5) is 24.3. The quantitative estimate of drug-likeness (QED) is 0.607. The van der Waals surface area contributed by atoms with Crippen molar-refractivity contribution < 1.29 is 22.8 Å². The molecule has 0 heterocycles. The summed E-state index contributed by atoms with van der Waals surface area (Å²) in [6.45, 7) is 5.49. The number of anilines is 1. The second kappa shape index (κ2) is 9.54. The zero-order valence-corrected chi connectivity index (χ0v) is 17.6. The number of alkyl halides is 3. The molecule has 0 aliphatic heterocycles. The summed E-state index contributed by atoms with van der Waals surface area (Å²) in [6.07, 6.45) is -4.57. The minimum atomic E-state index is -4.57. The van der Waals surface area contributed by atoms with E-state index in [1.807, 2.05) is 32.9 Å². The van der Waals surface area contributed by atoms with E-state index >= 15 is 0 Å². The number of halogens is 4. The van der Waals surface area contributed by atoms with Crippen molar-refractivity contribution in [2.45, 2.75) is 31.8 Å². The fourth-order valence-corrected chi connectivity index (χ4v) is 3.74. The van der Waals surface area contributed by atoms with Crippen LogP contribution in [0, 0.1) is 20.8 Å². The lowest BCUT2D eigenvalue weighted by atomic mass is 10.1. The van der Waals surface area contributed by atoms with E-state index in [0.29, 0.717) is 5.69 Å². The molecule has 0 unspecified atom stereocenters. The van der Waals surface area contributed by atoms with Gasteiger partial charge in [-0.1, -0.05) is 29.3 Å². The molecule has 0 aromatic heterocycles. The predicted octanol–water partition coefficient (Wildman–Crippen LogP) is 5.13. The number of carbonyl (C=O) groups is 2. The number of amides is 2. The summed E-state index contributed by atoms with van der Waals surface area (Å²) in [6, 6.07) is 7.34. The number of nitrogens with one attached hydrogen (secondary N) is 2. The maximum atomic E-state index is 12.9. The first-order valence-electron chi connectivity index (χ1n) is 8.61. The van der Waals surface area contributed by atoms with E-state index in [1.165, 1.54) is 6.07 Å². The van der Waals surface area contributed by atoms with Gasteiger partial charge in [0.15, 0.2) is 0 Å². The molecule has 0 bridgehead atoms. The third-order valence-corrected chi connectivity index (χ3v) is 5.32. The first-order chi connectivity index (χ1) is 13.5. The third kappa shape index (κ3) is 6.68. The summed E-state index contributed by atoms with van der Waals surface area (Å²) in [5.41, 5.74) is 2.67. The van der Waals surface area contributed by atoms with Gasteiger partial charge in [-0.05, 0) is 50.1 Å². The summed E-state index contributed by atoms with van der Waals surface area (Å²) in [5, 5.41) is 4.83. The van der Waals surface area contributed by atoms with Crippen LogP contribution in [0.4, 0.5) is 18.9 Å². The smallest absolute Gasteiger partial charge is 0.346 e. The van der Waals surface area contributed by atoms with Gasteiger partial charge in [0.05, 0.1) is 22.9 Å². The summed E-state index contributed by atoms with van der Waals surface area (Å²) in [5.74, 6) is -0.982. The van der Waals surface area contributed by atoms with Crippen molar-refractivity contribution in [3.05, 3.63) is 57.6 Å². The minimum Gasteiger partial charge on any atom is -0.346 e. The molecule has 0 aliphatic rings. The highest BCUT2D eigenvalue weighted by Crippen LogP contribution is 2.36. The molecule has 2 N–H and O–H groups in total. The van der Waals surface area contributed by atoms with Gasteiger partial charge in [-0.3, -0.25) is 9.59 Å². The molecule has 2 aromatic rings. The molecular weight excluding hydrogens is 425 g/mol. The van der Waals surface area contributed by atoms with Crippen LogP contribution < -0.4 is 10.6 Å². The predicted molar refractivity (Wildman–Crippen MR) is 109 cm³/mol. The number of hydrogen-bond donors (Lipinski definition) is 2. The molecule has 2 amide bonds. The standard InChI is InChI=1S/C20H20ClF3N2O2S/c1-11-6-12(2)19(13(3)7-11)26-17(27)9-25-18(28)10-29-14-4-5-16(21)15(8-14)20(22,23)24/h4-8H,9-10H2,1-3H3,(H,25,28)(H,26,27). The lowest BCUT2D eigenvalue weighted by Gasteiger charge is -2.13. The molecular formula is C20H20ClF3N2O2S. The van der Waals surface area contributed by atoms with Gasteiger partial charge in [-0.2, -0.15) is 13.2 Å². The SMILES string of the molecule is Cc1cc(C)c(NC(=O)CNC(=O)CSc2ccc(Cl)c(C(F)(F)F)c2)c(C)c1. The second-order valence-corrected chi connectivity index (χ2v) is 7.98. The third-order valence-electron chi connectivity index (χ3n) is 4.00. The van der Waals surface area contributed by atoms with Gasteiger partial charge in [0, 0.05) is 10.6 Å². The highest BCUT2D eigenvalue weighted by atomic mass is 35.5. The maximum Gasteiger partial charge on any atom is 0.417 e. The zero-order chi connectivity index (χ0) is 21.8. The second-order valence-electron chi connectivity index (χ2n) is 6.53. The largest absolute Gasteiger partial charge is 0.417 e. The van der Waals surface area contributed by atoms with Gasteiger partial charge in [0.25, 0.3) is 0 Å². The Balaban J connectivity index is 1.87. The van der Waals surface area contributed by atoms with Crippen LogP contribution in [0.15, 0.2) is 35.2 Å². The number of aryl methyl sites for hydroxylation is 3. The van der Waals surface area contributed by atoms with E-state index in [-0.39, 0.29) is 23.1 Å². The monoisotopic (exact) mass is 444 g/mol. The average molecular weight is 445 g/mol. The Labute approximate surface area is 176 Å². The van der Waals surface area contributed by atoms with E-state index < -0.39 is 22.7 Å². The zero-order valence-electron chi connectivity index (χ0n) is 16.0. The number of hydrogen-bond acceptors (Lipinski definition) is 3. The van der Waals surface area contributed by atoms with Crippen molar-refractivity contribution in [2.75, 3.05) is 17.6 Å². The van der Waals surface area contributed by atoms with Gasteiger partial charge in [0.2, 0.25) is 11.8 Å². The van der Waals surface area contributed by atoms with Crippen LogP contribution in [-0.4, -0.2) is 24.1 Å². The van der Waals surface area contributed by atoms with Crippen LogP contribution in [0.3, 0.4) is 0 Å². The lowest BCUT2D eigenvalue weighted by Crippen LogP contribution is -2.34. The Bertz CT molecular complexity index is 909. The van der Waals surface area contributed by atoms with Crippen LogP contribution in [0.2, 0.25) is 5.02 Å². The van der Waals surface area contributed by atoms with Crippen molar-refractivity contribution in [3.8, 4) is 0 Å². The van der Waals surface area contributed by atoms with Gasteiger partial charge in [-0.25, -0.2) is 0 Å². The Kier molecular flexibility index (Phi) is 7.60. The van der Waals surface area contributed by atoms with Gasteiger partial charge < -0.3 is 10.6 Å². The molecule has 0 saturated carbocycles. The Hall–Kier alpha value is -2.19. The molecule has 29 heavy (non-hydrogen) atoms. The van der Waals surface area contributed by atoms with E-state index in [0.717, 1.165) is 40.6 Å². The van der Waals surface area contributed by atoms with Crippen LogP contribution in [0.5, 0.6) is 0 Å². The number of benzene rings is 2. The van der Waals surface area contributed by atoms with Crippen LogP contribution in [0.25, 0.3) is 0 Å². The number of rotatable bonds is 6. The molecule has 0 spiro atoms. The Morgan fingerprint density at radius 3 is 2.24 bits per heavy atom. The average Bonchev–Trinajstić information content (AvgIpc) is 2.61. The lowest BCUT2D eigenvalue weighted by molar-refractivity contribution is -0.137. The highest BCUT2D eigenvalue weighted by Gasteiger charge is 2.33. The van der Waals surface area contributed by atoms with E-state index in [4.69, 9.17) is 11.6 Å². The number of thioether (sulfide) groups is 1.